The first kappa shape index (κ1) is 77.2. The Morgan fingerprint density at radius 3 is 0.951 bits per heavy atom. The molecule has 0 aliphatic heterocycles. The summed E-state index contributed by atoms with van der Waals surface area (Å²) in [6.45, 7) is 3.49. The molecule has 81 heavy (non-hydrogen) atoms. The average molecular weight is 1150 g/mol. The Balaban J connectivity index is 3.90. The Hall–Kier alpha value is -3.85. The van der Waals surface area contributed by atoms with Gasteiger partial charge in [-0.2, -0.15) is 0 Å². The van der Waals surface area contributed by atoms with Gasteiger partial charge in [-0.15, -0.1) is 0 Å². The van der Waals surface area contributed by atoms with Crippen molar-refractivity contribution in [3.05, 3.63) is 134 Å². The molecule has 0 aliphatic rings. The van der Waals surface area contributed by atoms with Gasteiger partial charge in [0.05, 0.1) is 13.2 Å². The zero-order chi connectivity index (χ0) is 58.7. The van der Waals surface area contributed by atoms with Crippen molar-refractivity contribution in [3.63, 3.8) is 0 Å². The van der Waals surface area contributed by atoms with Crippen LogP contribution in [-0.4, -0.2) is 49.3 Å². The maximum atomic E-state index is 12.7. The monoisotopic (exact) mass is 1150 g/mol. The van der Waals surface area contributed by atoms with Gasteiger partial charge in [-0.1, -0.05) is 282 Å². The van der Waals surface area contributed by atoms with Crippen LogP contribution in [0.4, 0.5) is 0 Å². The lowest BCUT2D eigenvalue weighted by atomic mass is 10.0. The SMILES string of the molecule is CC/C=C\C/C=C\C/C=C\C/C=C\C/C=C\C/C=C\CCCCCCC(=O)OC(COC(=O)CCCCCCCCCCCCCCCCCCCCCCC/C=C\C/C=C\C/C=C\C/C=C\C/C=C\CC)COP(=O)(O)OCCN. The maximum absolute atomic E-state index is 12.7. The second-order valence-electron chi connectivity index (χ2n) is 21.2. The van der Waals surface area contributed by atoms with E-state index in [-0.39, 0.29) is 38.6 Å². The van der Waals surface area contributed by atoms with Crippen molar-refractivity contribution in [2.24, 2.45) is 5.73 Å². The number of phosphoric acid groups is 1. The number of hydrogen-bond acceptors (Lipinski definition) is 8. The third kappa shape index (κ3) is 65.2. The van der Waals surface area contributed by atoms with Gasteiger partial charge in [-0.25, -0.2) is 4.57 Å². The third-order valence-corrected chi connectivity index (χ3v) is 14.5. The minimum Gasteiger partial charge on any atom is -0.462 e. The number of carbonyl (C=O) groups excluding carboxylic acids is 2. The molecule has 0 saturated carbocycles. The van der Waals surface area contributed by atoms with Crippen molar-refractivity contribution >= 4 is 19.8 Å². The lowest BCUT2D eigenvalue weighted by molar-refractivity contribution is -0.161. The first-order valence-electron chi connectivity index (χ1n) is 32.7. The van der Waals surface area contributed by atoms with Gasteiger partial charge >= 0.3 is 19.8 Å². The van der Waals surface area contributed by atoms with Crippen molar-refractivity contribution in [2.75, 3.05) is 26.4 Å². The Morgan fingerprint density at radius 2 is 0.642 bits per heavy atom. The first-order valence-corrected chi connectivity index (χ1v) is 34.2. The standard InChI is InChI=1S/C71H120NO8P/c1-3-5-7-9-11-13-15-17-19-21-23-25-27-28-29-30-31-32-33-34-35-36-37-38-39-40-42-43-45-47-49-51-53-55-57-59-61-63-70(73)77-67-69(68-79-81(75,76)78-66-65-72)80-71(74)64-62-60-58-56-54-52-50-48-46-44-41-26-24-22-20-18-16-14-12-10-8-6-4-2/h5-8,11-14,17-20,23-26,28-29,44,46,50,52,69H,3-4,9-10,15-16,21-22,27,30-43,45,47-49,51,53-68,72H2,1-2H3,(H,75,76)/b7-5-,8-6-,13-11-,14-12-,19-17-,20-18-,25-23-,26-24-,29-28-,46-44-,52-50-. The number of allylic oxidation sites excluding steroid dienone is 22. The first-order chi connectivity index (χ1) is 39.8. The van der Waals surface area contributed by atoms with Gasteiger partial charge in [0.2, 0.25) is 0 Å². The van der Waals surface area contributed by atoms with Crippen molar-refractivity contribution in [2.45, 2.75) is 277 Å². The van der Waals surface area contributed by atoms with Gasteiger partial charge in [0.15, 0.2) is 6.10 Å². The summed E-state index contributed by atoms with van der Waals surface area (Å²) in [4.78, 5) is 35.3. The lowest BCUT2D eigenvalue weighted by Crippen LogP contribution is -2.29. The Bertz CT molecular complexity index is 1790. The number of phosphoric ester groups is 1. The fraction of sp³-hybridized carbons (Fsp3) is 0.662. The highest BCUT2D eigenvalue weighted by molar-refractivity contribution is 7.47. The zero-order valence-electron chi connectivity index (χ0n) is 51.7. The number of nitrogens with two attached hydrogens (primary N) is 1. The quantitative estimate of drug-likeness (QED) is 0.0264. The van der Waals surface area contributed by atoms with E-state index in [0.717, 1.165) is 116 Å². The highest BCUT2D eigenvalue weighted by Crippen LogP contribution is 2.43. The molecule has 0 aliphatic carbocycles. The van der Waals surface area contributed by atoms with Gasteiger partial charge in [0.1, 0.15) is 6.61 Å². The Kier molecular flexibility index (Phi) is 62.2. The van der Waals surface area contributed by atoms with Crippen LogP contribution in [0.3, 0.4) is 0 Å². The molecular formula is C71H120NO8P. The minimum absolute atomic E-state index is 0.0436. The smallest absolute Gasteiger partial charge is 0.462 e. The number of ether oxygens (including phenoxy) is 2. The van der Waals surface area contributed by atoms with Crippen LogP contribution in [0, 0.1) is 0 Å². The molecular weight excluding hydrogens is 1030 g/mol. The van der Waals surface area contributed by atoms with Crippen molar-refractivity contribution in [1.82, 2.24) is 0 Å². The molecule has 3 N–H and O–H groups in total. The number of esters is 2. The summed E-state index contributed by atoms with van der Waals surface area (Å²) in [6, 6.07) is 0. The summed E-state index contributed by atoms with van der Waals surface area (Å²) in [5.41, 5.74) is 5.39. The molecule has 0 aromatic rings. The van der Waals surface area contributed by atoms with Gasteiger partial charge in [-0.05, 0) is 109 Å². The summed E-state index contributed by atoms with van der Waals surface area (Å²) in [5, 5.41) is 0. The minimum atomic E-state index is -4.41. The van der Waals surface area contributed by atoms with E-state index in [9.17, 15) is 19.0 Å². The van der Waals surface area contributed by atoms with E-state index < -0.39 is 26.5 Å². The van der Waals surface area contributed by atoms with Crippen LogP contribution in [0.5, 0.6) is 0 Å². The van der Waals surface area contributed by atoms with Gasteiger partial charge < -0.3 is 20.1 Å². The van der Waals surface area contributed by atoms with Crippen LogP contribution >= 0.6 is 7.82 Å². The van der Waals surface area contributed by atoms with Crippen LogP contribution in [0.2, 0.25) is 0 Å². The van der Waals surface area contributed by atoms with E-state index in [1.165, 1.54) is 122 Å². The Labute approximate surface area is 497 Å². The van der Waals surface area contributed by atoms with E-state index >= 15 is 0 Å². The molecule has 0 rings (SSSR count). The number of rotatable bonds is 60. The summed E-state index contributed by atoms with van der Waals surface area (Å²) in [5.74, 6) is -0.857. The van der Waals surface area contributed by atoms with E-state index in [1.807, 2.05) is 0 Å². The lowest BCUT2D eigenvalue weighted by Gasteiger charge is -2.19. The average Bonchev–Trinajstić information content (AvgIpc) is 3.46. The van der Waals surface area contributed by atoms with E-state index in [1.54, 1.807) is 0 Å². The molecule has 10 heteroatoms. The summed E-state index contributed by atoms with van der Waals surface area (Å²) in [6.07, 6.45) is 92.5. The second kappa shape index (κ2) is 65.3. The highest BCUT2D eigenvalue weighted by atomic mass is 31.2. The van der Waals surface area contributed by atoms with Gasteiger partial charge in [-0.3, -0.25) is 18.6 Å². The maximum Gasteiger partial charge on any atom is 0.472 e. The largest absolute Gasteiger partial charge is 0.472 e. The summed E-state index contributed by atoms with van der Waals surface area (Å²) >= 11 is 0. The molecule has 0 aromatic carbocycles. The van der Waals surface area contributed by atoms with Gasteiger partial charge in [0, 0.05) is 19.4 Å². The highest BCUT2D eigenvalue weighted by Gasteiger charge is 2.26. The fourth-order valence-corrected chi connectivity index (χ4v) is 9.55. The van der Waals surface area contributed by atoms with Crippen LogP contribution in [0.1, 0.15) is 271 Å². The van der Waals surface area contributed by atoms with Crippen LogP contribution in [-0.2, 0) is 32.7 Å². The second-order valence-corrected chi connectivity index (χ2v) is 22.7. The van der Waals surface area contributed by atoms with E-state index in [4.69, 9.17) is 24.3 Å². The summed E-state index contributed by atoms with van der Waals surface area (Å²) in [7, 11) is -4.41. The van der Waals surface area contributed by atoms with Crippen LogP contribution in [0.25, 0.3) is 0 Å². The molecule has 0 radical (unpaired) electrons. The molecule has 9 nitrogen and oxygen atoms in total. The third-order valence-electron chi connectivity index (χ3n) is 13.5. The molecule has 462 valence electrons. The Morgan fingerprint density at radius 1 is 0.370 bits per heavy atom. The zero-order valence-corrected chi connectivity index (χ0v) is 52.6. The molecule has 0 aromatic heterocycles. The van der Waals surface area contributed by atoms with Crippen LogP contribution < -0.4 is 5.73 Å². The van der Waals surface area contributed by atoms with Crippen molar-refractivity contribution in [3.8, 4) is 0 Å². The number of unbranched alkanes of at least 4 members (excludes halogenated alkanes) is 25. The molecule has 0 amide bonds. The van der Waals surface area contributed by atoms with Crippen LogP contribution in [0.15, 0.2) is 134 Å². The molecule has 2 atom stereocenters. The predicted molar refractivity (Wildman–Crippen MR) is 348 cm³/mol. The number of carbonyl (C=O) groups is 2. The van der Waals surface area contributed by atoms with E-state index in [0.29, 0.717) is 6.42 Å². The topological polar surface area (TPSA) is 134 Å². The summed E-state index contributed by atoms with van der Waals surface area (Å²) < 4.78 is 33.1. The molecule has 0 fully saturated rings. The predicted octanol–water partition coefficient (Wildman–Crippen LogP) is 21.3. The van der Waals surface area contributed by atoms with E-state index in [2.05, 4.69) is 148 Å². The molecule has 0 bridgehead atoms. The molecule has 0 heterocycles. The van der Waals surface area contributed by atoms with Gasteiger partial charge in [0.25, 0.3) is 0 Å². The molecule has 0 spiro atoms. The number of hydrogen-bond donors (Lipinski definition) is 2. The van der Waals surface area contributed by atoms with Crippen molar-refractivity contribution < 1.29 is 37.6 Å². The normalized spacial score (nSPS) is 13.9. The molecule has 0 saturated heterocycles. The molecule has 2 unspecified atom stereocenters. The van der Waals surface area contributed by atoms with Crippen molar-refractivity contribution in [1.29, 1.82) is 0 Å². The fourth-order valence-electron chi connectivity index (χ4n) is 8.79.